The molecular weight excluding hydrogens is 486 g/mol. The Kier molecular flexibility index (Phi) is 6.03. The van der Waals surface area contributed by atoms with Crippen molar-refractivity contribution in [3.8, 4) is 0 Å². The summed E-state index contributed by atoms with van der Waals surface area (Å²) >= 11 is 1.19. The molecule has 0 spiro atoms. The SMILES string of the molecule is C[C@@H](C(=O)N1CCN(c2ccc(S(=O)(=O)Nc3nccs3)cc2)C(=O)C1)n1ccc2ccccc21.[HH].[HH]. The van der Waals surface area contributed by atoms with E-state index in [1.165, 1.54) is 29.7 Å². The first-order valence-corrected chi connectivity index (χ1v) is 13.4. The van der Waals surface area contributed by atoms with Crippen molar-refractivity contribution < 1.29 is 20.9 Å². The lowest BCUT2D eigenvalue weighted by molar-refractivity contribution is -0.139. The maximum Gasteiger partial charge on any atom is 0.263 e. The number of amides is 2. The molecule has 0 bridgehead atoms. The van der Waals surface area contributed by atoms with Crippen molar-refractivity contribution in [2.45, 2.75) is 17.9 Å². The van der Waals surface area contributed by atoms with Gasteiger partial charge in [0.05, 0.1) is 4.90 Å². The van der Waals surface area contributed by atoms with Gasteiger partial charge in [0.25, 0.3) is 10.0 Å². The molecule has 2 amide bonds. The second-order valence-corrected chi connectivity index (χ2v) is 10.8. The quantitative estimate of drug-likeness (QED) is 0.422. The molecule has 184 valence electrons. The second kappa shape index (κ2) is 9.16. The first kappa shape index (κ1) is 23.1. The van der Waals surface area contributed by atoms with Gasteiger partial charge in [0.2, 0.25) is 11.8 Å². The van der Waals surface area contributed by atoms with Crippen molar-refractivity contribution in [1.82, 2.24) is 14.5 Å². The number of benzene rings is 2. The number of carbonyl (C=O) groups excluding carboxylic acids is 2. The monoisotopic (exact) mass is 513 g/mol. The van der Waals surface area contributed by atoms with Crippen LogP contribution in [0.15, 0.2) is 77.3 Å². The number of para-hydroxylation sites is 1. The van der Waals surface area contributed by atoms with Crippen molar-refractivity contribution >= 4 is 54.9 Å². The molecule has 1 saturated heterocycles. The van der Waals surface area contributed by atoms with Crippen LogP contribution in [0.25, 0.3) is 10.9 Å². The smallest absolute Gasteiger partial charge is 0.263 e. The predicted molar refractivity (Wildman–Crippen MR) is 139 cm³/mol. The van der Waals surface area contributed by atoms with Gasteiger partial charge in [-0.2, -0.15) is 0 Å². The molecule has 1 aliphatic heterocycles. The summed E-state index contributed by atoms with van der Waals surface area (Å²) in [6.45, 7) is 2.52. The number of hydrogen-bond acceptors (Lipinski definition) is 6. The van der Waals surface area contributed by atoms with Gasteiger partial charge in [-0.3, -0.25) is 14.3 Å². The van der Waals surface area contributed by atoms with Crippen molar-refractivity contribution in [2.75, 3.05) is 29.3 Å². The van der Waals surface area contributed by atoms with Crippen molar-refractivity contribution in [2.24, 2.45) is 0 Å². The van der Waals surface area contributed by atoms with Gasteiger partial charge in [-0.25, -0.2) is 13.4 Å². The van der Waals surface area contributed by atoms with Gasteiger partial charge in [-0.15, -0.1) is 11.3 Å². The van der Waals surface area contributed by atoms with Gasteiger partial charge in [0.1, 0.15) is 12.6 Å². The number of hydrogen-bond donors (Lipinski definition) is 1. The summed E-state index contributed by atoms with van der Waals surface area (Å²) in [7, 11) is -3.77. The molecular formula is C24H27N5O4S2. The first-order chi connectivity index (χ1) is 16.8. The van der Waals surface area contributed by atoms with Gasteiger partial charge in [-0.1, -0.05) is 18.2 Å². The van der Waals surface area contributed by atoms with Crippen LogP contribution in [0.5, 0.6) is 0 Å². The lowest BCUT2D eigenvalue weighted by atomic mass is 10.2. The number of piperazine rings is 1. The maximum atomic E-state index is 13.2. The fourth-order valence-corrected chi connectivity index (χ4v) is 6.00. The Balaban J connectivity index is 0.00000190. The van der Waals surface area contributed by atoms with E-state index in [1.54, 1.807) is 27.3 Å². The van der Waals surface area contributed by atoms with E-state index in [-0.39, 0.29) is 31.2 Å². The highest BCUT2D eigenvalue weighted by Crippen LogP contribution is 2.25. The number of anilines is 2. The molecule has 2 aromatic carbocycles. The lowest BCUT2D eigenvalue weighted by Gasteiger charge is -2.35. The van der Waals surface area contributed by atoms with E-state index in [0.29, 0.717) is 18.8 Å². The highest BCUT2D eigenvalue weighted by atomic mass is 32.2. The minimum absolute atomic E-state index is 0. The highest BCUT2D eigenvalue weighted by Gasteiger charge is 2.31. The number of nitrogens with zero attached hydrogens (tertiary/aromatic N) is 4. The third kappa shape index (κ3) is 4.52. The van der Waals surface area contributed by atoms with Crippen molar-refractivity contribution in [1.29, 1.82) is 0 Å². The minimum atomic E-state index is -3.77. The number of rotatable bonds is 6. The Bertz CT molecular complexity index is 1490. The summed E-state index contributed by atoms with van der Waals surface area (Å²) < 4.78 is 29.4. The van der Waals surface area contributed by atoms with E-state index >= 15 is 0 Å². The Hall–Kier alpha value is -3.70. The van der Waals surface area contributed by atoms with Crippen LogP contribution >= 0.6 is 11.3 Å². The third-order valence-electron chi connectivity index (χ3n) is 6.05. The second-order valence-electron chi connectivity index (χ2n) is 8.20. The number of sulfonamides is 1. The third-order valence-corrected chi connectivity index (χ3v) is 8.22. The molecule has 1 fully saturated rings. The van der Waals surface area contributed by atoms with Gasteiger partial charge in [0.15, 0.2) is 5.13 Å². The molecule has 1 N–H and O–H groups in total. The normalized spacial score (nSPS) is 15.4. The molecule has 3 heterocycles. The molecule has 0 unspecified atom stereocenters. The number of carbonyl (C=O) groups is 2. The zero-order valence-corrected chi connectivity index (χ0v) is 20.5. The molecule has 5 rings (SSSR count). The van der Waals surface area contributed by atoms with Crippen LogP contribution in [0.4, 0.5) is 10.8 Å². The van der Waals surface area contributed by atoms with Crippen molar-refractivity contribution in [3.05, 3.63) is 72.4 Å². The fourth-order valence-electron chi connectivity index (χ4n) is 4.21. The van der Waals surface area contributed by atoms with E-state index in [4.69, 9.17) is 0 Å². The molecule has 9 nitrogen and oxygen atoms in total. The van der Waals surface area contributed by atoms with E-state index in [2.05, 4.69) is 9.71 Å². The molecule has 0 radical (unpaired) electrons. The molecule has 4 aromatic rings. The van der Waals surface area contributed by atoms with Gasteiger partial charge in [0, 0.05) is 44.9 Å². The number of nitrogens with one attached hydrogen (secondary N) is 1. The average molecular weight is 514 g/mol. The summed E-state index contributed by atoms with van der Waals surface area (Å²) in [5, 5.41) is 3.02. The lowest BCUT2D eigenvalue weighted by Crippen LogP contribution is -2.53. The minimum Gasteiger partial charge on any atom is -0.335 e. The number of aromatic nitrogens is 2. The molecule has 2 aromatic heterocycles. The van der Waals surface area contributed by atoms with Gasteiger partial charge < -0.3 is 14.4 Å². The standard InChI is InChI=1S/C24H23N5O4S2.2H2/c1-17(28-12-10-18-4-2-3-5-21(18)28)23(31)27-13-14-29(22(30)16-27)19-6-8-20(9-7-19)35(32,33)26-24-25-11-15-34-24;;/h2-12,15,17H,13-14,16H2,1H3,(H,25,26);2*1H/t17-;;/m0../s1. The van der Waals surface area contributed by atoms with E-state index in [1.807, 2.05) is 48.0 Å². The molecule has 35 heavy (non-hydrogen) atoms. The molecule has 11 heteroatoms. The van der Waals surface area contributed by atoms with Crippen LogP contribution in [-0.4, -0.2) is 54.3 Å². The Morgan fingerprint density at radius 1 is 1.11 bits per heavy atom. The predicted octanol–water partition coefficient (Wildman–Crippen LogP) is 3.83. The zero-order chi connectivity index (χ0) is 24.6. The first-order valence-electron chi connectivity index (χ1n) is 11.0. The highest BCUT2D eigenvalue weighted by molar-refractivity contribution is 7.93. The summed E-state index contributed by atoms with van der Waals surface area (Å²) in [5.41, 5.74) is 1.55. The zero-order valence-electron chi connectivity index (χ0n) is 18.9. The van der Waals surface area contributed by atoms with E-state index in [9.17, 15) is 18.0 Å². The Morgan fingerprint density at radius 2 is 1.89 bits per heavy atom. The summed E-state index contributed by atoms with van der Waals surface area (Å²) in [6.07, 6.45) is 3.41. The van der Waals surface area contributed by atoms with E-state index < -0.39 is 16.1 Å². The van der Waals surface area contributed by atoms with Gasteiger partial charge in [-0.05, 0) is 48.7 Å². The summed E-state index contributed by atoms with van der Waals surface area (Å²) in [4.78, 5) is 33.2. The molecule has 0 saturated carbocycles. The molecule has 1 aliphatic rings. The summed E-state index contributed by atoms with van der Waals surface area (Å²) in [6, 6.07) is 15.5. The fraction of sp³-hybridized carbons (Fsp3) is 0.208. The van der Waals surface area contributed by atoms with Crippen LogP contribution in [-0.2, 0) is 19.6 Å². The molecule has 1 atom stereocenters. The largest absolute Gasteiger partial charge is 0.335 e. The van der Waals surface area contributed by atoms with Crippen LogP contribution in [0.3, 0.4) is 0 Å². The van der Waals surface area contributed by atoms with Crippen molar-refractivity contribution in [3.63, 3.8) is 0 Å². The van der Waals surface area contributed by atoms with Crippen LogP contribution in [0.1, 0.15) is 15.8 Å². The topological polar surface area (TPSA) is 105 Å². The number of thiazole rings is 1. The Morgan fingerprint density at radius 3 is 2.60 bits per heavy atom. The number of fused-ring (bicyclic) bond motifs is 1. The average Bonchev–Trinajstić information content (AvgIpc) is 3.53. The summed E-state index contributed by atoms with van der Waals surface area (Å²) in [5.74, 6) is -0.334. The Labute approximate surface area is 209 Å². The van der Waals surface area contributed by atoms with Crippen LogP contribution in [0.2, 0.25) is 0 Å². The van der Waals surface area contributed by atoms with Gasteiger partial charge >= 0.3 is 0 Å². The maximum absolute atomic E-state index is 13.2. The van der Waals surface area contributed by atoms with Crippen LogP contribution < -0.4 is 9.62 Å². The molecule has 0 aliphatic carbocycles. The van der Waals surface area contributed by atoms with Crippen LogP contribution in [0, 0.1) is 0 Å². The van der Waals surface area contributed by atoms with E-state index in [0.717, 1.165) is 10.9 Å².